The minimum absolute atomic E-state index is 0.115. The van der Waals surface area contributed by atoms with Crippen LogP contribution in [0.2, 0.25) is 0 Å². The van der Waals surface area contributed by atoms with Crippen LogP contribution in [0.5, 0.6) is 0 Å². The summed E-state index contributed by atoms with van der Waals surface area (Å²) in [4.78, 5) is 13.8. The molecular formula is C33H51NO3. The van der Waals surface area contributed by atoms with Gasteiger partial charge in [0.25, 0.3) is 0 Å². The quantitative estimate of drug-likeness (QED) is 0.136. The van der Waals surface area contributed by atoms with Gasteiger partial charge in [0.2, 0.25) is 0 Å². The predicted molar refractivity (Wildman–Crippen MR) is 154 cm³/mol. The number of hydrogen-bond donors (Lipinski definition) is 1. The first-order valence-electron chi connectivity index (χ1n) is 14.7. The number of aliphatic hydroxyl groups is 1. The molecule has 2 unspecified atom stereocenters. The molecule has 4 nitrogen and oxygen atoms in total. The van der Waals surface area contributed by atoms with Crippen molar-refractivity contribution in [2.24, 2.45) is 0 Å². The number of esters is 1. The normalized spacial score (nSPS) is 13.0. The highest BCUT2D eigenvalue weighted by Gasteiger charge is 2.26. The number of carbonyl (C=O) groups is 1. The Bertz CT molecular complexity index is 769. The second-order valence-electron chi connectivity index (χ2n) is 10.4. The number of nitrogens with zero attached hydrogens (tertiary/aromatic N) is 1. The fourth-order valence-corrected chi connectivity index (χ4v) is 5.13. The average Bonchev–Trinajstić information content (AvgIpc) is 2.92. The lowest BCUT2D eigenvalue weighted by atomic mass is 9.95. The summed E-state index contributed by atoms with van der Waals surface area (Å²) in [7, 11) is 1.45. The summed E-state index contributed by atoms with van der Waals surface area (Å²) >= 11 is 0. The highest BCUT2D eigenvalue weighted by Crippen LogP contribution is 2.23. The summed E-state index contributed by atoms with van der Waals surface area (Å²) in [6, 6.07) is 21.4. The van der Waals surface area contributed by atoms with Crippen LogP contribution in [-0.2, 0) is 22.6 Å². The summed E-state index contributed by atoms with van der Waals surface area (Å²) in [5.41, 5.74) is 2.58. The van der Waals surface area contributed by atoms with Gasteiger partial charge in [0.05, 0.1) is 13.2 Å². The first kappa shape index (κ1) is 31.1. The van der Waals surface area contributed by atoms with Crippen molar-refractivity contribution in [1.29, 1.82) is 0 Å². The first-order valence-corrected chi connectivity index (χ1v) is 14.7. The Labute approximate surface area is 226 Å². The van der Waals surface area contributed by atoms with Gasteiger partial charge in [-0.25, -0.2) is 0 Å². The summed E-state index contributed by atoms with van der Waals surface area (Å²) in [5.74, 6) is -0.115. The number of unbranched alkanes of at least 4 members (excludes halogenated alkanes) is 9. The molecule has 4 heteroatoms. The Kier molecular flexibility index (Phi) is 16.7. The van der Waals surface area contributed by atoms with E-state index < -0.39 is 0 Å². The maximum atomic E-state index is 11.5. The number of methoxy groups -OCH3 is 1. The molecule has 1 N–H and O–H groups in total. The molecule has 0 spiro atoms. The largest absolute Gasteiger partial charge is 0.469 e. The number of hydrogen-bond acceptors (Lipinski definition) is 4. The summed E-state index contributed by atoms with van der Waals surface area (Å²) in [5, 5.41) is 11.5. The first-order chi connectivity index (χ1) is 18.1. The fraction of sp³-hybridized carbons (Fsp3) is 0.606. The molecule has 0 heterocycles. The molecule has 0 fully saturated rings. The molecule has 0 aromatic heterocycles. The molecule has 0 aliphatic heterocycles. The van der Waals surface area contributed by atoms with Crippen molar-refractivity contribution in [1.82, 2.24) is 4.90 Å². The molecule has 2 aromatic rings. The van der Waals surface area contributed by atoms with E-state index in [0.29, 0.717) is 6.42 Å². The Morgan fingerprint density at radius 1 is 0.730 bits per heavy atom. The number of rotatable bonds is 21. The maximum Gasteiger partial charge on any atom is 0.305 e. The molecule has 2 aromatic carbocycles. The Hall–Kier alpha value is -2.17. The van der Waals surface area contributed by atoms with E-state index in [1.807, 2.05) is 0 Å². The van der Waals surface area contributed by atoms with Crippen LogP contribution in [0, 0.1) is 0 Å². The second kappa shape index (κ2) is 19.9. The second-order valence-corrected chi connectivity index (χ2v) is 10.4. The maximum absolute atomic E-state index is 11.5. The van der Waals surface area contributed by atoms with Gasteiger partial charge in [0, 0.05) is 25.6 Å². The van der Waals surface area contributed by atoms with Crippen LogP contribution in [0.3, 0.4) is 0 Å². The van der Waals surface area contributed by atoms with E-state index in [1.165, 1.54) is 50.3 Å². The van der Waals surface area contributed by atoms with Gasteiger partial charge in [-0.15, -0.1) is 0 Å². The van der Waals surface area contributed by atoms with E-state index in [-0.39, 0.29) is 18.1 Å². The molecule has 0 bridgehead atoms. The Morgan fingerprint density at radius 3 is 1.76 bits per heavy atom. The monoisotopic (exact) mass is 509 g/mol. The van der Waals surface area contributed by atoms with E-state index >= 15 is 0 Å². The van der Waals surface area contributed by atoms with Gasteiger partial charge in [0.1, 0.15) is 0 Å². The average molecular weight is 510 g/mol. The molecule has 37 heavy (non-hydrogen) atoms. The zero-order chi connectivity index (χ0) is 26.6. The highest BCUT2D eigenvalue weighted by atomic mass is 16.5. The van der Waals surface area contributed by atoms with Crippen LogP contribution < -0.4 is 0 Å². The molecule has 0 saturated heterocycles. The van der Waals surface area contributed by atoms with Crippen molar-refractivity contribution < 1.29 is 14.6 Å². The molecule has 2 atom stereocenters. The molecule has 2 rings (SSSR count). The molecular weight excluding hydrogens is 458 g/mol. The summed E-state index contributed by atoms with van der Waals surface area (Å²) in [6.07, 6.45) is 14.8. The van der Waals surface area contributed by atoms with E-state index in [9.17, 15) is 9.90 Å². The van der Waals surface area contributed by atoms with Crippen LogP contribution in [-0.4, -0.2) is 35.2 Å². The number of carbonyl (C=O) groups excluding carboxylic acids is 1. The van der Waals surface area contributed by atoms with Crippen LogP contribution in [0.1, 0.15) is 108 Å². The third kappa shape index (κ3) is 13.8. The zero-order valence-corrected chi connectivity index (χ0v) is 23.5. The van der Waals surface area contributed by atoms with Gasteiger partial charge < -0.3 is 9.84 Å². The topological polar surface area (TPSA) is 49.8 Å². The van der Waals surface area contributed by atoms with Crippen molar-refractivity contribution >= 4 is 5.97 Å². The fourth-order valence-electron chi connectivity index (χ4n) is 5.13. The summed E-state index contributed by atoms with van der Waals surface area (Å²) in [6.45, 7) is 3.93. The van der Waals surface area contributed by atoms with Crippen LogP contribution >= 0.6 is 0 Å². The number of aliphatic hydroxyl groups excluding tert-OH is 1. The minimum atomic E-state index is -0.321. The molecule has 0 saturated carbocycles. The lowest BCUT2D eigenvalue weighted by Crippen LogP contribution is -2.43. The van der Waals surface area contributed by atoms with Gasteiger partial charge in [-0.1, -0.05) is 132 Å². The number of benzene rings is 2. The molecule has 0 radical (unpaired) electrons. The van der Waals surface area contributed by atoms with E-state index in [2.05, 4.69) is 72.5 Å². The van der Waals surface area contributed by atoms with Gasteiger partial charge in [-0.05, 0) is 30.4 Å². The van der Waals surface area contributed by atoms with Crippen molar-refractivity contribution in [2.75, 3.05) is 7.11 Å². The Balaban J connectivity index is 2.01. The van der Waals surface area contributed by atoms with E-state index in [4.69, 9.17) is 4.74 Å². The Morgan fingerprint density at radius 2 is 1.22 bits per heavy atom. The van der Waals surface area contributed by atoms with Crippen molar-refractivity contribution in [3.63, 3.8) is 0 Å². The molecule has 0 aliphatic carbocycles. The zero-order valence-electron chi connectivity index (χ0n) is 23.5. The van der Waals surface area contributed by atoms with Crippen LogP contribution in [0.15, 0.2) is 60.7 Å². The molecule has 0 aliphatic rings. The third-order valence-corrected chi connectivity index (χ3v) is 7.33. The third-order valence-electron chi connectivity index (χ3n) is 7.33. The van der Waals surface area contributed by atoms with Gasteiger partial charge in [0.15, 0.2) is 0 Å². The van der Waals surface area contributed by atoms with Crippen LogP contribution in [0.25, 0.3) is 0 Å². The summed E-state index contributed by atoms with van der Waals surface area (Å²) < 4.78 is 4.75. The van der Waals surface area contributed by atoms with Crippen molar-refractivity contribution in [3.8, 4) is 0 Å². The SMILES string of the molecule is CCCCCCCCC(O)C(CCCCCCCC(=O)OC)N(Cc1ccccc1)Cc1ccccc1. The minimum Gasteiger partial charge on any atom is -0.469 e. The standard InChI is InChI=1S/C33H51NO3/c1-3-4-5-6-9-18-25-32(35)31(24-17-8-7-10-19-26-33(36)37-2)34(27-29-20-13-11-14-21-29)28-30-22-15-12-16-23-30/h11-16,20-23,31-32,35H,3-10,17-19,24-28H2,1-2H3. The lowest BCUT2D eigenvalue weighted by molar-refractivity contribution is -0.140. The van der Waals surface area contributed by atoms with Gasteiger partial charge in [-0.2, -0.15) is 0 Å². The smallest absolute Gasteiger partial charge is 0.305 e. The number of ether oxygens (including phenoxy) is 1. The van der Waals surface area contributed by atoms with Crippen molar-refractivity contribution in [2.45, 2.75) is 122 Å². The van der Waals surface area contributed by atoms with E-state index in [0.717, 1.165) is 64.5 Å². The highest BCUT2D eigenvalue weighted by molar-refractivity contribution is 5.68. The molecule has 0 amide bonds. The van der Waals surface area contributed by atoms with E-state index in [1.54, 1.807) is 0 Å². The predicted octanol–water partition coefficient (Wildman–Crippen LogP) is 8.07. The van der Waals surface area contributed by atoms with Crippen molar-refractivity contribution in [3.05, 3.63) is 71.8 Å². The van der Waals surface area contributed by atoms with Gasteiger partial charge in [-0.3, -0.25) is 9.69 Å². The lowest BCUT2D eigenvalue weighted by Gasteiger charge is -2.35. The molecule has 206 valence electrons. The van der Waals surface area contributed by atoms with Gasteiger partial charge >= 0.3 is 5.97 Å². The van der Waals surface area contributed by atoms with Crippen LogP contribution in [0.4, 0.5) is 0 Å².